The average Bonchev–Trinajstić information content (AvgIpc) is 2.15. The van der Waals surface area contributed by atoms with Crippen LogP contribution in [0.25, 0.3) is 0 Å². The summed E-state index contributed by atoms with van der Waals surface area (Å²) in [6.45, 7) is 8.18. The Bertz CT molecular complexity index is 258. The number of hydrogen-bond donors (Lipinski definition) is 2. The normalized spacial score (nSPS) is 13.3. The molecule has 0 unspecified atom stereocenters. The van der Waals surface area contributed by atoms with Gasteiger partial charge in [-0.2, -0.15) is 0 Å². The number of aliphatic carboxylic acids is 1. The van der Waals surface area contributed by atoms with Crippen molar-refractivity contribution in [3.05, 3.63) is 0 Å². The Balaban J connectivity index is 4.47. The SMILES string of the molecule is CCN(CCC(=O)O)C(=O)[C@H](N)C(C)(C)C. The Kier molecular flexibility index (Phi) is 5.44. The molecule has 0 aromatic rings. The zero-order valence-electron chi connectivity index (χ0n) is 10.5. The fourth-order valence-corrected chi connectivity index (χ4v) is 1.22. The van der Waals surface area contributed by atoms with E-state index < -0.39 is 12.0 Å². The van der Waals surface area contributed by atoms with Crippen molar-refractivity contribution in [2.75, 3.05) is 13.1 Å². The highest BCUT2D eigenvalue weighted by molar-refractivity contribution is 5.82. The second-order valence-corrected chi connectivity index (χ2v) is 4.91. The standard InChI is InChI=1S/C11H22N2O3/c1-5-13(7-6-8(14)15)10(16)9(12)11(2,3)4/h9H,5-7,12H2,1-4H3,(H,14,15)/t9-/m0/s1. The topological polar surface area (TPSA) is 83.6 Å². The predicted molar refractivity (Wildman–Crippen MR) is 61.9 cm³/mol. The van der Waals surface area contributed by atoms with Crippen LogP contribution in [0.1, 0.15) is 34.1 Å². The largest absolute Gasteiger partial charge is 0.481 e. The quantitative estimate of drug-likeness (QED) is 0.727. The van der Waals surface area contributed by atoms with Crippen LogP contribution in [0.3, 0.4) is 0 Å². The highest BCUT2D eigenvalue weighted by atomic mass is 16.4. The van der Waals surface area contributed by atoms with E-state index in [1.54, 1.807) is 0 Å². The minimum absolute atomic E-state index is 0.0452. The van der Waals surface area contributed by atoms with Gasteiger partial charge in [-0.05, 0) is 12.3 Å². The molecule has 94 valence electrons. The molecule has 16 heavy (non-hydrogen) atoms. The van der Waals surface area contributed by atoms with E-state index in [1.165, 1.54) is 4.90 Å². The minimum Gasteiger partial charge on any atom is -0.481 e. The van der Waals surface area contributed by atoms with Gasteiger partial charge in [0.15, 0.2) is 0 Å². The van der Waals surface area contributed by atoms with Crippen LogP contribution in [-0.4, -0.2) is 41.0 Å². The predicted octanol–water partition coefficient (Wildman–Crippen LogP) is 0.683. The van der Waals surface area contributed by atoms with Crippen molar-refractivity contribution < 1.29 is 14.7 Å². The Labute approximate surface area is 96.6 Å². The van der Waals surface area contributed by atoms with E-state index in [-0.39, 0.29) is 24.3 Å². The zero-order valence-corrected chi connectivity index (χ0v) is 10.5. The molecule has 0 aliphatic heterocycles. The third-order valence-corrected chi connectivity index (χ3v) is 2.49. The van der Waals surface area contributed by atoms with Crippen molar-refractivity contribution in [1.82, 2.24) is 4.90 Å². The van der Waals surface area contributed by atoms with Gasteiger partial charge in [0.2, 0.25) is 5.91 Å². The molecule has 0 aromatic carbocycles. The molecule has 0 radical (unpaired) electrons. The molecule has 0 saturated carbocycles. The summed E-state index contributed by atoms with van der Waals surface area (Å²) in [7, 11) is 0. The van der Waals surface area contributed by atoms with Gasteiger partial charge < -0.3 is 15.7 Å². The number of carbonyl (C=O) groups excluding carboxylic acids is 1. The first-order valence-electron chi connectivity index (χ1n) is 5.46. The van der Waals surface area contributed by atoms with Crippen LogP contribution in [0.4, 0.5) is 0 Å². The lowest BCUT2D eigenvalue weighted by Crippen LogP contribution is -2.50. The van der Waals surface area contributed by atoms with Crippen LogP contribution in [-0.2, 0) is 9.59 Å². The first kappa shape index (κ1) is 14.9. The zero-order chi connectivity index (χ0) is 12.9. The van der Waals surface area contributed by atoms with E-state index in [9.17, 15) is 9.59 Å². The second kappa shape index (κ2) is 5.84. The Morgan fingerprint density at radius 3 is 2.19 bits per heavy atom. The molecule has 0 bridgehead atoms. The molecule has 0 spiro atoms. The number of nitrogens with two attached hydrogens (primary N) is 1. The first-order chi connectivity index (χ1) is 7.20. The van der Waals surface area contributed by atoms with Gasteiger partial charge in [-0.25, -0.2) is 0 Å². The summed E-state index contributed by atoms with van der Waals surface area (Å²) in [6, 6.07) is -0.596. The van der Waals surface area contributed by atoms with Gasteiger partial charge in [0.1, 0.15) is 0 Å². The second-order valence-electron chi connectivity index (χ2n) is 4.91. The molecule has 0 aliphatic rings. The van der Waals surface area contributed by atoms with E-state index in [2.05, 4.69) is 0 Å². The van der Waals surface area contributed by atoms with Crippen LogP contribution in [0, 0.1) is 5.41 Å². The van der Waals surface area contributed by atoms with E-state index in [0.29, 0.717) is 6.54 Å². The Morgan fingerprint density at radius 1 is 1.38 bits per heavy atom. The maximum Gasteiger partial charge on any atom is 0.305 e. The maximum absolute atomic E-state index is 11.9. The monoisotopic (exact) mass is 230 g/mol. The number of hydrogen-bond acceptors (Lipinski definition) is 3. The van der Waals surface area contributed by atoms with Gasteiger partial charge in [0, 0.05) is 13.1 Å². The van der Waals surface area contributed by atoms with Crippen LogP contribution in [0.5, 0.6) is 0 Å². The van der Waals surface area contributed by atoms with Crippen molar-refractivity contribution in [2.45, 2.75) is 40.2 Å². The molecule has 5 heteroatoms. The van der Waals surface area contributed by atoms with E-state index in [0.717, 1.165) is 0 Å². The lowest BCUT2D eigenvalue weighted by molar-refractivity contribution is -0.139. The Hall–Kier alpha value is -1.10. The van der Waals surface area contributed by atoms with Gasteiger partial charge in [-0.3, -0.25) is 9.59 Å². The van der Waals surface area contributed by atoms with Gasteiger partial charge in [0.05, 0.1) is 12.5 Å². The van der Waals surface area contributed by atoms with Gasteiger partial charge in [-0.1, -0.05) is 20.8 Å². The molecule has 0 aromatic heterocycles. The number of nitrogens with zero attached hydrogens (tertiary/aromatic N) is 1. The van der Waals surface area contributed by atoms with Crippen LogP contribution in [0.15, 0.2) is 0 Å². The summed E-state index contributed by atoms with van der Waals surface area (Å²) in [5, 5.41) is 8.57. The van der Waals surface area contributed by atoms with E-state index in [1.807, 2.05) is 27.7 Å². The molecule has 0 aliphatic carbocycles. The molecule has 0 fully saturated rings. The molecule has 1 amide bonds. The fraction of sp³-hybridized carbons (Fsp3) is 0.818. The summed E-state index contributed by atoms with van der Waals surface area (Å²) < 4.78 is 0. The molecule has 0 saturated heterocycles. The van der Waals surface area contributed by atoms with Crippen molar-refractivity contribution in [2.24, 2.45) is 11.1 Å². The lowest BCUT2D eigenvalue weighted by Gasteiger charge is -2.31. The summed E-state index contributed by atoms with van der Waals surface area (Å²) in [4.78, 5) is 23.9. The smallest absolute Gasteiger partial charge is 0.305 e. The van der Waals surface area contributed by atoms with Gasteiger partial charge >= 0.3 is 5.97 Å². The van der Waals surface area contributed by atoms with E-state index >= 15 is 0 Å². The number of amides is 1. The highest BCUT2D eigenvalue weighted by Gasteiger charge is 2.30. The number of carboxylic acid groups (broad SMARTS) is 1. The highest BCUT2D eigenvalue weighted by Crippen LogP contribution is 2.19. The maximum atomic E-state index is 11.9. The number of likely N-dealkylation sites (N-methyl/N-ethyl adjacent to an activating group) is 1. The fourth-order valence-electron chi connectivity index (χ4n) is 1.22. The van der Waals surface area contributed by atoms with Crippen molar-refractivity contribution in [3.8, 4) is 0 Å². The number of carboxylic acids is 1. The molecule has 0 rings (SSSR count). The lowest BCUT2D eigenvalue weighted by atomic mass is 9.86. The summed E-state index contributed by atoms with van der Waals surface area (Å²) >= 11 is 0. The molecular weight excluding hydrogens is 208 g/mol. The van der Waals surface area contributed by atoms with Gasteiger partial charge in [-0.15, -0.1) is 0 Å². The molecule has 3 N–H and O–H groups in total. The summed E-state index contributed by atoms with van der Waals surface area (Å²) in [5.74, 6) is -1.09. The number of carbonyl (C=O) groups is 2. The van der Waals surface area contributed by atoms with Crippen LogP contribution < -0.4 is 5.73 Å². The average molecular weight is 230 g/mol. The molecule has 5 nitrogen and oxygen atoms in total. The number of rotatable bonds is 5. The first-order valence-corrected chi connectivity index (χ1v) is 5.46. The van der Waals surface area contributed by atoms with E-state index in [4.69, 9.17) is 10.8 Å². The van der Waals surface area contributed by atoms with Crippen molar-refractivity contribution in [3.63, 3.8) is 0 Å². The van der Waals surface area contributed by atoms with Crippen LogP contribution in [0.2, 0.25) is 0 Å². The molecule has 1 atom stereocenters. The Morgan fingerprint density at radius 2 is 1.88 bits per heavy atom. The minimum atomic E-state index is -0.907. The third-order valence-electron chi connectivity index (χ3n) is 2.49. The summed E-state index contributed by atoms with van der Waals surface area (Å²) in [6.07, 6.45) is -0.0452. The van der Waals surface area contributed by atoms with Gasteiger partial charge in [0.25, 0.3) is 0 Å². The summed E-state index contributed by atoms with van der Waals surface area (Å²) in [5.41, 5.74) is 5.53. The molecule has 0 heterocycles. The molecular formula is C11H22N2O3. The van der Waals surface area contributed by atoms with Crippen LogP contribution >= 0.6 is 0 Å². The van der Waals surface area contributed by atoms with Crippen molar-refractivity contribution in [1.29, 1.82) is 0 Å². The third kappa shape index (κ3) is 4.61. The van der Waals surface area contributed by atoms with Crippen molar-refractivity contribution >= 4 is 11.9 Å².